The molecule has 1 amide bonds. The first kappa shape index (κ1) is 11.2. The average molecular weight is 273 g/mol. The number of rotatable bonds is 0. The van der Waals surface area contributed by atoms with E-state index in [2.05, 4.69) is 5.32 Å². The van der Waals surface area contributed by atoms with Crippen LogP contribution in [-0.4, -0.2) is 32.3 Å². The largest absolute Gasteiger partial charge is 0.365 e. The smallest absolute Gasteiger partial charge is 0.246 e. The summed E-state index contributed by atoms with van der Waals surface area (Å²) in [4.78, 5) is 11.3. The first-order chi connectivity index (χ1) is 8.01. The topological polar surface area (TPSA) is 72.5 Å². The molecular formula is C10H11NO4S2. The van der Waals surface area contributed by atoms with Gasteiger partial charge in [-0.15, -0.1) is 11.3 Å². The molecule has 0 bridgehead atoms. The summed E-state index contributed by atoms with van der Waals surface area (Å²) in [6.45, 7) is 1.56. The summed E-state index contributed by atoms with van der Waals surface area (Å²) >= 11 is 1.20. The van der Waals surface area contributed by atoms with E-state index in [0.717, 1.165) is 0 Å². The van der Waals surface area contributed by atoms with Crippen LogP contribution in [0, 0.1) is 0 Å². The molecule has 3 heterocycles. The van der Waals surface area contributed by atoms with Crippen molar-refractivity contribution in [2.24, 2.45) is 0 Å². The molecule has 1 aromatic rings. The van der Waals surface area contributed by atoms with E-state index < -0.39 is 21.2 Å². The fourth-order valence-electron chi connectivity index (χ4n) is 2.34. The molecular weight excluding hydrogens is 262 g/mol. The van der Waals surface area contributed by atoms with Crippen molar-refractivity contribution < 1.29 is 17.9 Å². The van der Waals surface area contributed by atoms with E-state index in [-0.39, 0.29) is 18.6 Å². The van der Waals surface area contributed by atoms with Gasteiger partial charge >= 0.3 is 0 Å². The maximum absolute atomic E-state index is 12.2. The monoisotopic (exact) mass is 273 g/mol. The van der Waals surface area contributed by atoms with Gasteiger partial charge in [0.1, 0.15) is 10.8 Å². The Morgan fingerprint density at radius 3 is 3.06 bits per heavy atom. The predicted octanol–water partition coefficient (Wildman–Crippen LogP) is 0.480. The van der Waals surface area contributed by atoms with Gasteiger partial charge in [0.25, 0.3) is 0 Å². The molecule has 17 heavy (non-hydrogen) atoms. The second-order valence-corrected chi connectivity index (χ2v) is 7.65. The normalized spacial score (nSPS) is 34.6. The number of fused-ring (bicyclic) bond motifs is 3. The average Bonchev–Trinajstić information content (AvgIpc) is 2.76. The number of amides is 1. The lowest BCUT2D eigenvalue weighted by Crippen LogP contribution is -2.54. The van der Waals surface area contributed by atoms with Gasteiger partial charge in [-0.05, 0) is 18.4 Å². The number of thiophene rings is 1. The van der Waals surface area contributed by atoms with Gasteiger partial charge in [0.15, 0.2) is 9.84 Å². The standard InChI is InChI=1S/C10H11NO4S2/c1-5-9-8(11-7(12)4-15-9)6-2-3-16-10(6)17(5,13)14/h2-3,5,8-9H,4H2,1H3,(H,11,12)/t5-,8?,9?/m0/s1. The zero-order valence-electron chi connectivity index (χ0n) is 9.04. The Kier molecular flexibility index (Phi) is 2.33. The van der Waals surface area contributed by atoms with Crippen LogP contribution in [-0.2, 0) is 19.4 Å². The first-order valence-electron chi connectivity index (χ1n) is 5.24. The molecule has 1 fully saturated rings. The van der Waals surface area contributed by atoms with Crippen molar-refractivity contribution in [3.05, 3.63) is 17.0 Å². The van der Waals surface area contributed by atoms with Crippen LogP contribution in [0.2, 0.25) is 0 Å². The van der Waals surface area contributed by atoms with Crippen molar-refractivity contribution in [2.75, 3.05) is 6.61 Å². The molecule has 3 rings (SSSR count). The van der Waals surface area contributed by atoms with E-state index in [1.807, 2.05) is 0 Å². The van der Waals surface area contributed by atoms with Crippen LogP contribution in [0.25, 0.3) is 0 Å². The Morgan fingerprint density at radius 1 is 1.53 bits per heavy atom. The second kappa shape index (κ2) is 3.54. The highest BCUT2D eigenvalue weighted by atomic mass is 32.2. The molecule has 1 aromatic heterocycles. The fourth-order valence-corrected chi connectivity index (χ4v) is 5.62. The molecule has 3 atom stereocenters. The van der Waals surface area contributed by atoms with Crippen molar-refractivity contribution in [1.82, 2.24) is 5.32 Å². The Labute approximate surface area is 103 Å². The van der Waals surface area contributed by atoms with Gasteiger partial charge in [-0.2, -0.15) is 0 Å². The van der Waals surface area contributed by atoms with Crippen LogP contribution < -0.4 is 5.32 Å². The van der Waals surface area contributed by atoms with Crippen LogP contribution in [0.4, 0.5) is 0 Å². The van der Waals surface area contributed by atoms with Crippen LogP contribution in [0.1, 0.15) is 18.5 Å². The third kappa shape index (κ3) is 1.46. The van der Waals surface area contributed by atoms with Crippen LogP contribution >= 0.6 is 11.3 Å². The van der Waals surface area contributed by atoms with Crippen LogP contribution in [0.5, 0.6) is 0 Å². The highest BCUT2D eigenvalue weighted by Gasteiger charge is 2.48. The number of morpholine rings is 1. The van der Waals surface area contributed by atoms with Gasteiger partial charge in [0, 0.05) is 5.56 Å². The lowest BCUT2D eigenvalue weighted by molar-refractivity contribution is -0.137. The molecule has 7 heteroatoms. The van der Waals surface area contributed by atoms with Gasteiger partial charge in [-0.1, -0.05) is 0 Å². The maximum Gasteiger partial charge on any atom is 0.246 e. The highest BCUT2D eigenvalue weighted by Crippen LogP contribution is 2.41. The highest BCUT2D eigenvalue weighted by molar-refractivity contribution is 7.94. The molecule has 0 aliphatic carbocycles. The summed E-state index contributed by atoms with van der Waals surface area (Å²) < 4.78 is 30.2. The van der Waals surface area contributed by atoms with E-state index in [1.54, 1.807) is 18.4 Å². The zero-order valence-corrected chi connectivity index (χ0v) is 10.7. The number of hydrogen-bond acceptors (Lipinski definition) is 5. The van der Waals surface area contributed by atoms with E-state index in [4.69, 9.17) is 4.74 Å². The first-order valence-corrected chi connectivity index (χ1v) is 7.66. The fraction of sp³-hybridized carbons (Fsp3) is 0.500. The maximum atomic E-state index is 12.2. The second-order valence-electron chi connectivity index (χ2n) is 4.23. The summed E-state index contributed by atoms with van der Waals surface area (Å²) in [7, 11) is -3.32. The van der Waals surface area contributed by atoms with E-state index >= 15 is 0 Å². The summed E-state index contributed by atoms with van der Waals surface area (Å²) in [5.41, 5.74) is 0.658. The zero-order chi connectivity index (χ0) is 12.2. The molecule has 2 unspecified atom stereocenters. The van der Waals surface area contributed by atoms with Crippen molar-refractivity contribution >= 4 is 27.1 Å². The Hall–Kier alpha value is -0.920. The predicted molar refractivity (Wildman–Crippen MR) is 61.6 cm³/mol. The molecule has 5 nitrogen and oxygen atoms in total. The SMILES string of the molecule is C[C@H]1C2OCC(=O)NC2c2ccsc2S1(=O)=O. The number of ether oxygens (including phenoxy) is 1. The summed E-state index contributed by atoms with van der Waals surface area (Å²) in [5.74, 6) is -0.199. The van der Waals surface area contributed by atoms with E-state index in [0.29, 0.717) is 9.77 Å². The third-order valence-electron chi connectivity index (χ3n) is 3.26. The quantitative estimate of drug-likeness (QED) is 0.746. The number of carbonyl (C=O) groups is 1. The minimum atomic E-state index is -3.32. The molecule has 0 radical (unpaired) electrons. The molecule has 2 aliphatic rings. The lowest BCUT2D eigenvalue weighted by atomic mass is 10.00. The number of carbonyl (C=O) groups excluding carboxylic acids is 1. The molecule has 2 aliphatic heterocycles. The van der Waals surface area contributed by atoms with Gasteiger partial charge in [-0.25, -0.2) is 8.42 Å². The molecule has 1 saturated heterocycles. The number of sulfone groups is 1. The van der Waals surface area contributed by atoms with E-state index in [1.165, 1.54) is 11.3 Å². The summed E-state index contributed by atoms with van der Waals surface area (Å²) in [6, 6.07) is 1.41. The summed E-state index contributed by atoms with van der Waals surface area (Å²) in [5, 5.41) is 3.92. The van der Waals surface area contributed by atoms with Gasteiger partial charge < -0.3 is 10.1 Å². The Morgan fingerprint density at radius 2 is 2.29 bits per heavy atom. The Balaban J connectivity index is 2.17. The minimum Gasteiger partial charge on any atom is -0.365 e. The molecule has 0 saturated carbocycles. The molecule has 1 N–H and O–H groups in total. The lowest BCUT2D eigenvalue weighted by Gasteiger charge is -2.39. The van der Waals surface area contributed by atoms with Crippen LogP contribution in [0.15, 0.2) is 15.7 Å². The molecule has 92 valence electrons. The van der Waals surface area contributed by atoms with Crippen molar-refractivity contribution in [3.8, 4) is 0 Å². The van der Waals surface area contributed by atoms with E-state index in [9.17, 15) is 13.2 Å². The van der Waals surface area contributed by atoms with Gasteiger partial charge in [0.05, 0.1) is 17.4 Å². The van der Waals surface area contributed by atoms with Gasteiger partial charge in [0.2, 0.25) is 5.91 Å². The Bertz CT molecular complexity index is 577. The van der Waals surface area contributed by atoms with Crippen molar-refractivity contribution in [3.63, 3.8) is 0 Å². The molecule has 0 aromatic carbocycles. The molecule has 0 spiro atoms. The summed E-state index contributed by atoms with van der Waals surface area (Å²) in [6.07, 6.45) is -0.486. The van der Waals surface area contributed by atoms with Gasteiger partial charge in [-0.3, -0.25) is 4.79 Å². The van der Waals surface area contributed by atoms with Crippen LogP contribution in [0.3, 0.4) is 0 Å². The van der Waals surface area contributed by atoms with Crippen molar-refractivity contribution in [1.29, 1.82) is 0 Å². The van der Waals surface area contributed by atoms with Crippen molar-refractivity contribution in [2.45, 2.75) is 28.5 Å². The minimum absolute atomic E-state index is 0.0690. The third-order valence-corrected chi connectivity index (χ3v) is 6.96. The number of hydrogen-bond donors (Lipinski definition) is 1. The number of nitrogens with one attached hydrogen (secondary N) is 1.